The molecule has 0 atom stereocenters. The minimum Gasteiger partial charge on any atom is -0.236 e. The molecule has 0 aliphatic heterocycles. The summed E-state index contributed by atoms with van der Waals surface area (Å²) < 4.78 is 1.84. The molecule has 0 bridgehead atoms. The predicted molar refractivity (Wildman–Crippen MR) is 60.9 cm³/mol. The maximum absolute atomic E-state index is 4.58. The highest BCUT2D eigenvalue weighted by molar-refractivity contribution is 5.37. The third-order valence-electron chi connectivity index (χ3n) is 2.82. The van der Waals surface area contributed by atoms with Crippen LogP contribution in [0.3, 0.4) is 0 Å². The molecular formula is C12H17N3. The van der Waals surface area contributed by atoms with Crippen molar-refractivity contribution in [2.24, 2.45) is 0 Å². The molecular weight excluding hydrogens is 186 g/mol. The minimum atomic E-state index is 0.146. The van der Waals surface area contributed by atoms with Crippen LogP contribution in [-0.2, 0) is 5.41 Å². The van der Waals surface area contributed by atoms with E-state index in [1.54, 1.807) is 6.20 Å². The summed E-state index contributed by atoms with van der Waals surface area (Å²) in [4.78, 5) is 4.19. The van der Waals surface area contributed by atoms with E-state index in [1.807, 2.05) is 16.8 Å². The van der Waals surface area contributed by atoms with Gasteiger partial charge in [-0.3, -0.25) is 0 Å². The van der Waals surface area contributed by atoms with Crippen molar-refractivity contribution in [3.63, 3.8) is 0 Å². The average Bonchev–Trinajstić information content (AvgIpc) is 2.63. The highest BCUT2D eigenvalue weighted by Gasteiger charge is 2.21. The first-order valence-corrected chi connectivity index (χ1v) is 5.44. The SMILES string of the molecule is CCCC(C)(C)c1ccc2nccn2n1. The van der Waals surface area contributed by atoms with E-state index >= 15 is 0 Å². The van der Waals surface area contributed by atoms with Gasteiger partial charge in [-0.25, -0.2) is 9.50 Å². The summed E-state index contributed by atoms with van der Waals surface area (Å²) in [6, 6.07) is 4.11. The predicted octanol–water partition coefficient (Wildman–Crippen LogP) is 2.81. The number of imidazole rings is 1. The van der Waals surface area contributed by atoms with Gasteiger partial charge in [0.05, 0.1) is 5.69 Å². The van der Waals surface area contributed by atoms with Crippen LogP contribution in [0.1, 0.15) is 39.3 Å². The third-order valence-corrected chi connectivity index (χ3v) is 2.82. The number of nitrogens with zero attached hydrogens (tertiary/aromatic N) is 3. The quantitative estimate of drug-likeness (QED) is 0.767. The zero-order valence-corrected chi connectivity index (χ0v) is 9.57. The van der Waals surface area contributed by atoms with Gasteiger partial charge >= 0.3 is 0 Å². The number of aromatic nitrogens is 3. The fourth-order valence-corrected chi connectivity index (χ4v) is 1.93. The second-order valence-electron chi connectivity index (χ2n) is 4.58. The van der Waals surface area contributed by atoms with Crippen LogP contribution in [0.25, 0.3) is 5.65 Å². The van der Waals surface area contributed by atoms with Crippen LogP contribution < -0.4 is 0 Å². The van der Waals surface area contributed by atoms with Crippen molar-refractivity contribution in [1.29, 1.82) is 0 Å². The molecule has 0 aromatic carbocycles. The summed E-state index contributed by atoms with van der Waals surface area (Å²) in [5, 5.41) is 4.58. The van der Waals surface area contributed by atoms with Gasteiger partial charge in [0.1, 0.15) is 0 Å². The lowest BCUT2D eigenvalue weighted by Crippen LogP contribution is -2.19. The highest BCUT2D eigenvalue weighted by Crippen LogP contribution is 2.26. The van der Waals surface area contributed by atoms with Gasteiger partial charge in [-0.15, -0.1) is 0 Å². The summed E-state index contributed by atoms with van der Waals surface area (Å²) in [7, 11) is 0. The zero-order valence-electron chi connectivity index (χ0n) is 9.57. The third kappa shape index (κ3) is 1.87. The number of hydrogen-bond acceptors (Lipinski definition) is 2. The van der Waals surface area contributed by atoms with E-state index < -0.39 is 0 Å². The van der Waals surface area contributed by atoms with E-state index in [0.29, 0.717) is 0 Å². The van der Waals surface area contributed by atoms with E-state index in [-0.39, 0.29) is 5.41 Å². The summed E-state index contributed by atoms with van der Waals surface area (Å²) >= 11 is 0. The topological polar surface area (TPSA) is 30.2 Å². The maximum atomic E-state index is 4.58. The summed E-state index contributed by atoms with van der Waals surface area (Å²) in [5.74, 6) is 0. The van der Waals surface area contributed by atoms with Crippen molar-refractivity contribution in [3.8, 4) is 0 Å². The Balaban J connectivity index is 2.42. The molecule has 15 heavy (non-hydrogen) atoms. The molecule has 2 aromatic heterocycles. The monoisotopic (exact) mass is 203 g/mol. The standard InChI is InChI=1S/C12H17N3/c1-4-7-12(2,3)10-5-6-11-13-8-9-15(11)14-10/h5-6,8-9H,4,7H2,1-3H3. The molecule has 0 saturated heterocycles. The van der Waals surface area contributed by atoms with E-state index in [0.717, 1.165) is 17.8 Å². The van der Waals surface area contributed by atoms with Gasteiger partial charge in [0.25, 0.3) is 0 Å². The number of hydrogen-bond donors (Lipinski definition) is 0. The van der Waals surface area contributed by atoms with E-state index in [1.165, 1.54) is 6.42 Å². The van der Waals surface area contributed by atoms with Gasteiger partial charge in [0.2, 0.25) is 0 Å². The summed E-state index contributed by atoms with van der Waals surface area (Å²) in [6.07, 6.45) is 6.00. The van der Waals surface area contributed by atoms with Crippen LogP contribution in [-0.4, -0.2) is 14.6 Å². The highest BCUT2D eigenvalue weighted by atomic mass is 15.2. The van der Waals surface area contributed by atoms with Crippen LogP contribution in [0, 0.1) is 0 Å². The Labute approximate surface area is 90.1 Å². The molecule has 3 nitrogen and oxygen atoms in total. The van der Waals surface area contributed by atoms with E-state index in [4.69, 9.17) is 0 Å². The Morgan fingerprint density at radius 1 is 1.33 bits per heavy atom. The minimum absolute atomic E-state index is 0.146. The normalized spacial score (nSPS) is 12.2. The fourth-order valence-electron chi connectivity index (χ4n) is 1.93. The number of fused-ring (bicyclic) bond motifs is 1. The van der Waals surface area contributed by atoms with Gasteiger partial charge in [0, 0.05) is 17.8 Å². The lowest BCUT2D eigenvalue weighted by molar-refractivity contribution is 0.452. The number of rotatable bonds is 3. The molecule has 0 amide bonds. The molecule has 0 N–H and O–H groups in total. The Bertz CT molecular complexity index is 457. The van der Waals surface area contributed by atoms with E-state index in [2.05, 4.69) is 36.9 Å². The van der Waals surface area contributed by atoms with Crippen LogP contribution in [0.2, 0.25) is 0 Å². The summed E-state index contributed by atoms with van der Waals surface area (Å²) in [5.41, 5.74) is 2.19. The van der Waals surface area contributed by atoms with Gasteiger partial charge in [-0.1, -0.05) is 27.2 Å². The molecule has 2 heterocycles. The molecule has 0 fully saturated rings. The molecule has 0 spiro atoms. The molecule has 3 heteroatoms. The maximum Gasteiger partial charge on any atom is 0.153 e. The Morgan fingerprint density at radius 2 is 2.13 bits per heavy atom. The van der Waals surface area contributed by atoms with Gasteiger partial charge in [-0.2, -0.15) is 5.10 Å². The Kier molecular flexibility index (Phi) is 2.47. The first-order valence-electron chi connectivity index (χ1n) is 5.44. The van der Waals surface area contributed by atoms with Crippen molar-refractivity contribution >= 4 is 5.65 Å². The average molecular weight is 203 g/mol. The van der Waals surface area contributed by atoms with Gasteiger partial charge in [0.15, 0.2) is 5.65 Å². The lowest BCUT2D eigenvalue weighted by atomic mass is 9.84. The van der Waals surface area contributed by atoms with Crippen LogP contribution in [0.15, 0.2) is 24.5 Å². The molecule has 0 aliphatic carbocycles. The van der Waals surface area contributed by atoms with Gasteiger partial charge in [-0.05, 0) is 18.6 Å². The summed E-state index contributed by atoms with van der Waals surface area (Å²) in [6.45, 7) is 6.68. The van der Waals surface area contributed by atoms with Crippen molar-refractivity contribution in [1.82, 2.24) is 14.6 Å². The second-order valence-corrected chi connectivity index (χ2v) is 4.58. The van der Waals surface area contributed by atoms with Crippen molar-refractivity contribution in [3.05, 3.63) is 30.2 Å². The fraction of sp³-hybridized carbons (Fsp3) is 0.500. The lowest BCUT2D eigenvalue weighted by Gasteiger charge is -2.22. The van der Waals surface area contributed by atoms with Crippen molar-refractivity contribution < 1.29 is 0 Å². The van der Waals surface area contributed by atoms with Crippen molar-refractivity contribution in [2.75, 3.05) is 0 Å². The first kappa shape index (κ1) is 10.1. The van der Waals surface area contributed by atoms with Gasteiger partial charge < -0.3 is 0 Å². The van der Waals surface area contributed by atoms with Crippen LogP contribution in [0.4, 0.5) is 0 Å². The molecule has 80 valence electrons. The largest absolute Gasteiger partial charge is 0.236 e. The zero-order chi connectivity index (χ0) is 10.9. The molecule has 2 rings (SSSR count). The Hall–Kier alpha value is -1.38. The Morgan fingerprint density at radius 3 is 2.87 bits per heavy atom. The van der Waals surface area contributed by atoms with E-state index in [9.17, 15) is 0 Å². The molecule has 2 aromatic rings. The molecule has 0 radical (unpaired) electrons. The molecule has 0 unspecified atom stereocenters. The molecule has 0 saturated carbocycles. The smallest absolute Gasteiger partial charge is 0.153 e. The molecule has 0 aliphatic rings. The second kappa shape index (κ2) is 3.65. The first-order chi connectivity index (χ1) is 7.13. The van der Waals surface area contributed by atoms with Crippen LogP contribution >= 0.6 is 0 Å². The van der Waals surface area contributed by atoms with Crippen molar-refractivity contribution in [2.45, 2.75) is 39.0 Å². The van der Waals surface area contributed by atoms with Crippen LogP contribution in [0.5, 0.6) is 0 Å².